The van der Waals surface area contributed by atoms with Gasteiger partial charge in [0.2, 0.25) is 0 Å². The topological polar surface area (TPSA) is 61.2 Å². The Kier molecular flexibility index (Phi) is 5.10. The van der Waals surface area contributed by atoms with Crippen LogP contribution < -0.4 is 5.32 Å². The Labute approximate surface area is 108 Å². The molecule has 0 radical (unpaired) electrons. The van der Waals surface area contributed by atoms with Crippen LogP contribution in [0.25, 0.3) is 0 Å². The molecule has 1 aromatic rings. The van der Waals surface area contributed by atoms with Gasteiger partial charge in [-0.25, -0.2) is 0 Å². The van der Waals surface area contributed by atoms with Gasteiger partial charge in [-0.2, -0.15) is 0 Å². The molecule has 2 rings (SSSR count). The minimum absolute atomic E-state index is 0.201. The molecule has 0 saturated carbocycles. The minimum Gasteiger partial charge on any atom is -0.383 e. The number of nitrogens with zero attached hydrogens (tertiary/aromatic N) is 3. The van der Waals surface area contributed by atoms with Crippen molar-refractivity contribution in [2.24, 2.45) is 0 Å². The molecule has 0 amide bonds. The van der Waals surface area contributed by atoms with Gasteiger partial charge in [0.1, 0.15) is 12.2 Å². The molecule has 0 spiro atoms. The Morgan fingerprint density at radius 3 is 3.06 bits per heavy atom. The first-order valence-corrected chi connectivity index (χ1v) is 6.51. The molecule has 6 nitrogen and oxygen atoms in total. The normalized spacial score (nSPS) is 19.0. The first-order valence-electron chi connectivity index (χ1n) is 6.51. The average Bonchev–Trinajstić information content (AvgIpc) is 2.86. The first kappa shape index (κ1) is 13.5. The maximum Gasteiger partial charge on any atom is 0.149 e. The van der Waals surface area contributed by atoms with E-state index in [-0.39, 0.29) is 6.04 Å². The van der Waals surface area contributed by atoms with Crippen molar-refractivity contribution in [1.82, 2.24) is 20.1 Å². The van der Waals surface area contributed by atoms with Crippen molar-refractivity contribution in [3.8, 4) is 0 Å². The lowest BCUT2D eigenvalue weighted by atomic mass is 10.1. The zero-order valence-electron chi connectivity index (χ0n) is 11.1. The van der Waals surface area contributed by atoms with Gasteiger partial charge in [-0.3, -0.25) is 0 Å². The van der Waals surface area contributed by atoms with Gasteiger partial charge in [0.15, 0.2) is 0 Å². The van der Waals surface area contributed by atoms with Gasteiger partial charge in [-0.15, -0.1) is 10.2 Å². The summed E-state index contributed by atoms with van der Waals surface area (Å²) >= 11 is 0. The smallest absolute Gasteiger partial charge is 0.149 e. The van der Waals surface area contributed by atoms with E-state index in [2.05, 4.69) is 22.4 Å². The molecule has 2 heterocycles. The number of hydrogen-bond donors (Lipinski definition) is 1. The molecule has 18 heavy (non-hydrogen) atoms. The molecule has 0 unspecified atom stereocenters. The van der Waals surface area contributed by atoms with E-state index < -0.39 is 0 Å². The van der Waals surface area contributed by atoms with E-state index >= 15 is 0 Å². The van der Waals surface area contributed by atoms with Crippen LogP contribution in [0.5, 0.6) is 0 Å². The third kappa shape index (κ3) is 3.51. The largest absolute Gasteiger partial charge is 0.383 e. The summed E-state index contributed by atoms with van der Waals surface area (Å²) in [5, 5.41) is 11.8. The second-order valence-corrected chi connectivity index (χ2v) is 4.65. The Morgan fingerprint density at radius 2 is 2.33 bits per heavy atom. The van der Waals surface area contributed by atoms with Crippen molar-refractivity contribution in [3.05, 3.63) is 12.2 Å². The van der Waals surface area contributed by atoms with Crippen LogP contribution in [0.15, 0.2) is 6.33 Å². The van der Waals surface area contributed by atoms with Crippen LogP contribution in [0.1, 0.15) is 31.6 Å². The molecule has 1 fully saturated rings. The lowest BCUT2D eigenvalue weighted by Gasteiger charge is -2.26. The van der Waals surface area contributed by atoms with Crippen LogP contribution in [0.3, 0.4) is 0 Å². The first-order chi connectivity index (χ1) is 8.81. The molecule has 1 aliphatic heterocycles. The third-order valence-electron chi connectivity index (χ3n) is 3.28. The summed E-state index contributed by atoms with van der Waals surface area (Å²) in [6.07, 6.45) is 3.89. The van der Waals surface area contributed by atoms with Gasteiger partial charge in [-0.1, -0.05) is 0 Å². The molecular weight excluding hydrogens is 232 g/mol. The van der Waals surface area contributed by atoms with E-state index in [9.17, 15) is 0 Å². The Balaban J connectivity index is 1.90. The van der Waals surface area contributed by atoms with Crippen LogP contribution in [-0.4, -0.2) is 47.7 Å². The van der Waals surface area contributed by atoms with Crippen molar-refractivity contribution in [2.75, 3.05) is 26.9 Å². The molecule has 102 valence electrons. The van der Waals surface area contributed by atoms with Crippen LogP contribution in [0.2, 0.25) is 0 Å². The predicted octanol–water partition coefficient (Wildman–Crippen LogP) is 0.754. The van der Waals surface area contributed by atoms with E-state index in [4.69, 9.17) is 9.47 Å². The second-order valence-electron chi connectivity index (χ2n) is 4.65. The van der Waals surface area contributed by atoms with Crippen molar-refractivity contribution >= 4 is 0 Å². The maximum absolute atomic E-state index is 5.36. The summed E-state index contributed by atoms with van der Waals surface area (Å²) in [7, 11) is 1.70. The Hall–Kier alpha value is -0.980. The predicted molar refractivity (Wildman–Crippen MR) is 67.3 cm³/mol. The van der Waals surface area contributed by atoms with E-state index in [1.54, 1.807) is 13.4 Å². The van der Waals surface area contributed by atoms with E-state index in [1.165, 1.54) is 0 Å². The fourth-order valence-electron chi connectivity index (χ4n) is 2.25. The van der Waals surface area contributed by atoms with Gasteiger partial charge in [0, 0.05) is 32.9 Å². The number of hydrogen-bond acceptors (Lipinski definition) is 5. The highest BCUT2D eigenvalue weighted by molar-refractivity contribution is 4.94. The molecular formula is C12H22N4O2. The van der Waals surface area contributed by atoms with Crippen molar-refractivity contribution in [1.29, 1.82) is 0 Å². The van der Waals surface area contributed by atoms with E-state index in [1.807, 2.05) is 4.57 Å². The fraction of sp³-hybridized carbons (Fsp3) is 0.833. The van der Waals surface area contributed by atoms with Gasteiger partial charge < -0.3 is 19.4 Å². The second kappa shape index (κ2) is 6.82. The summed E-state index contributed by atoms with van der Waals surface area (Å²) < 4.78 is 12.5. The van der Waals surface area contributed by atoms with Crippen LogP contribution in [-0.2, 0) is 16.0 Å². The highest BCUT2D eigenvalue weighted by atomic mass is 16.5. The van der Waals surface area contributed by atoms with Gasteiger partial charge in [-0.05, 0) is 19.8 Å². The quantitative estimate of drug-likeness (QED) is 0.812. The number of aromatic nitrogens is 3. The molecule has 1 saturated heterocycles. The van der Waals surface area contributed by atoms with Gasteiger partial charge >= 0.3 is 0 Å². The molecule has 0 aliphatic carbocycles. The zero-order chi connectivity index (χ0) is 12.8. The lowest BCUT2D eigenvalue weighted by Crippen LogP contribution is -2.37. The zero-order valence-corrected chi connectivity index (χ0v) is 11.1. The SMILES string of the molecule is COCCn1cnnc1[C@@H](C)NC1CCOCC1. The molecule has 0 aromatic carbocycles. The number of nitrogens with one attached hydrogen (secondary N) is 1. The van der Waals surface area contributed by atoms with Crippen molar-refractivity contribution in [3.63, 3.8) is 0 Å². The third-order valence-corrected chi connectivity index (χ3v) is 3.28. The molecule has 1 N–H and O–H groups in total. The summed E-state index contributed by atoms with van der Waals surface area (Å²) in [5.41, 5.74) is 0. The van der Waals surface area contributed by atoms with Gasteiger partial charge in [0.05, 0.1) is 12.6 Å². The highest BCUT2D eigenvalue weighted by Gasteiger charge is 2.19. The number of rotatable bonds is 6. The molecule has 6 heteroatoms. The fourth-order valence-corrected chi connectivity index (χ4v) is 2.25. The summed E-state index contributed by atoms with van der Waals surface area (Å²) in [6.45, 7) is 5.29. The van der Waals surface area contributed by atoms with E-state index in [0.717, 1.165) is 38.4 Å². The Bertz CT molecular complexity index is 350. The Morgan fingerprint density at radius 1 is 1.56 bits per heavy atom. The molecule has 1 aromatic heterocycles. The monoisotopic (exact) mass is 254 g/mol. The minimum atomic E-state index is 0.201. The van der Waals surface area contributed by atoms with E-state index in [0.29, 0.717) is 12.6 Å². The maximum atomic E-state index is 5.36. The average molecular weight is 254 g/mol. The lowest BCUT2D eigenvalue weighted by molar-refractivity contribution is 0.0749. The van der Waals surface area contributed by atoms with Crippen LogP contribution >= 0.6 is 0 Å². The molecule has 1 atom stereocenters. The van der Waals surface area contributed by atoms with Crippen molar-refractivity contribution < 1.29 is 9.47 Å². The van der Waals surface area contributed by atoms with Crippen molar-refractivity contribution in [2.45, 2.75) is 38.4 Å². The van der Waals surface area contributed by atoms with Crippen LogP contribution in [0, 0.1) is 0 Å². The number of methoxy groups -OCH3 is 1. The number of ether oxygens (including phenoxy) is 2. The highest BCUT2D eigenvalue weighted by Crippen LogP contribution is 2.14. The molecule has 0 bridgehead atoms. The summed E-state index contributed by atoms with van der Waals surface area (Å²) in [6, 6.07) is 0.716. The summed E-state index contributed by atoms with van der Waals surface area (Å²) in [4.78, 5) is 0. The van der Waals surface area contributed by atoms with Gasteiger partial charge in [0.25, 0.3) is 0 Å². The van der Waals surface area contributed by atoms with Crippen LogP contribution in [0.4, 0.5) is 0 Å². The summed E-state index contributed by atoms with van der Waals surface area (Å²) in [5.74, 6) is 0.971. The standard InChI is InChI=1S/C12H22N4O2/c1-10(14-11-3-6-18-7-4-11)12-15-13-9-16(12)5-8-17-2/h9-11,14H,3-8H2,1-2H3/t10-/m1/s1. The molecule has 1 aliphatic rings.